The number of amides is 2. The smallest absolute Gasteiger partial charge is 0.370 e. The molecule has 4 saturated heterocycles. The number of aromatic nitrogens is 1. The van der Waals surface area contributed by atoms with Crippen LogP contribution < -0.4 is 4.90 Å². The Labute approximate surface area is 311 Å². The second kappa shape index (κ2) is 15.7. The van der Waals surface area contributed by atoms with Gasteiger partial charge in [0.1, 0.15) is 0 Å². The number of carbonyl (C=O) groups is 2. The van der Waals surface area contributed by atoms with Gasteiger partial charge in [0.05, 0.1) is 28.6 Å². The van der Waals surface area contributed by atoms with Crippen molar-refractivity contribution in [2.75, 3.05) is 63.8 Å². The molecular weight excluding hydrogens is 710 g/mol. The molecule has 0 aliphatic carbocycles. The Balaban J connectivity index is 0.983. The first-order valence-corrected chi connectivity index (χ1v) is 18.7. The van der Waals surface area contributed by atoms with E-state index in [9.17, 15) is 35.9 Å². The topological polar surface area (TPSA) is 63.2 Å². The average Bonchev–Trinajstić information content (AvgIpc) is 3.73. The summed E-state index contributed by atoms with van der Waals surface area (Å²) in [6, 6.07) is 12.6. The molecule has 2 aromatic carbocycles. The summed E-state index contributed by atoms with van der Waals surface area (Å²) in [5, 5.41) is 0. The maximum atomic E-state index is 13.8. The zero-order valence-electron chi connectivity index (χ0n) is 30.0. The van der Waals surface area contributed by atoms with Gasteiger partial charge < -0.3 is 14.7 Å². The van der Waals surface area contributed by atoms with E-state index in [1.165, 1.54) is 4.90 Å². The maximum Gasteiger partial charge on any atom is 0.416 e. The molecule has 7 rings (SSSR count). The third kappa shape index (κ3) is 8.59. The van der Waals surface area contributed by atoms with E-state index in [0.717, 1.165) is 76.2 Å². The van der Waals surface area contributed by atoms with E-state index in [-0.39, 0.29) is 24.6 Å². The van der Waals surface area contributed by atoms with Crippen LogP contribution in [0.1, 0.15) is 75.9 Å². The van der Waals surface area contributed by atoms with Crippen LogP contribution >= 0.6 is 0 Å². The summed E-state index contributed by atoms with van der Waals surface area (Å²) in [4.78, 5) is 41.9. The standard InChI is InChI=1S/C40H44F6N6O2/c41-39(42,43)31-21-29(22-32(24-31)40(44,45)46)38(54)52-15-10-34(25-35(52)20-28-6-2-1-3-7-28)50-18-16-49(17-19-50)33-8-13-51(14-9-33)37(53)30-23-36(27-47-26-30)48-11-4-5-12-48/h1-3,6-7,20-24,26-27,33-34H,4-5,8-19,25H2/b35-20+. The second-order valence-corrected chi connectivity index (χ2v) is 14.7. The minimum Gasteiger partial charge on any atom is -0.370 e. The van der Waals surface area contributed by atoms with Gasteiger partial charge in [0.15, 0.2) is 0 Å². The highest BCUT2D eigenvalue weighted by Gasteiger charge is 2.40. The van der Waals surface area contributed by atoms with Gasteiger partial charge in [-0.1, -0.05) is 30.3 Å². The summed E-state index contributed by atoms with van der Waals surface area (Å²) in [7, 11) is 0. The Morgan fingerprint density at radius 1 is 0.648 bits per heavy atom. The lowest BCUT2D eigenvalue weighted by atomic mass is 9.95. The summed E-state index contributed by atoms with van der Waals surface area (Å²) in [6.45, 7) is 6.72. The fraction of sp³-hybridized carbons (Fsp3) is 0.475. The Morgan fingerprint density at radius 3 is 1.85 bits per heavy atom. The number of piperidine rings is 2. The molecule has 4 aliphatic heterocycles. The molecule has 0 radical (unpaired) electrons. The number of alkyl halides is 6. The van der Waals surface area contributed by atoms with Gasteiger partial charge in [0, 0.05) is 94.9 Å². The normalized spacial score (nSPS) is 21.9. The van der Waals surface area contributed by atoms with Crippen molar-refractivity contribution in [1.29, 1.82) is 0 Å². The first-order chi connectivity index (χ1) is 25.8. The molecule has 54 heavy (non-hydrogen) atoms. The SMILES string of the molecule is O=C(c1cncc(N2CCCC2)c1)N1CCC(N2CCN(C3CCN(C(=O)c4cc(C(F)(F)F)cc(C(F)(F)F)c4)/C(=C/c4ccccc4)C3)CC2)CC1. The highest BCUT2D eigenvalue weighted by atomic mass is 19.4. The third-order valence-electron chi connectivity index (χ3n) is 11.3. The molecule has 0 spiro atoms. The Kier molecular flexibility index (Phi) is 11.0. The number of benzene rings is 2. The molecule has 0 N–H and O–H groups in total. The molecule has 5 heterocycles. The van der Waals surface area contributed by atoms with Gasteiger partial charge >= 0.3 is 12.4 Å². The monoisotopic (exact) mass is 754 g/mol. The highest BCUT2D eigenvalue weighted by Crippen LogP contribution is 2.38. The van der Waals surface area contributed by atoms with E-state index in [4.69, 9.17) is 0 Å². The van der Waals surface area contributed by atoms with E-state index in [0.29, 0.717) is 55.4 Å². The van der Waals surface area contributed by atoms with Crippen molar-refractivity contribution < 1.29 is 35.9 Å². The van der Waals surface area contributed by atoms with E-state index >= 15 is 0 Å². The average molecular weight is 755 g/mol. The van der Waals surface area contributed by atoms with Gasteiger partial charge in [-0.15, -0.1) is 0 Å². The first kappa shape index (κ1) is 37.9. The molecule has 4 fully saturated rings. The zero-order chi connectivity index (χ0) is 38.0. The second-order valence-electron chi connectivity index (χ2n) is 14.7. The lowest BCUT2D eigenvalue weighted by Gasteiger charge is -2.46. The van der Waals surface area contributed by atoms with Gasteiger partial charge in [0.25, 0.3) is 11.8 Å². The maximum absolute atomic E-state index is 13.8. The number of anilines is 1. The quantitative estimate of drug-likeness (QED) is 0.247. The predicted molar refractivity (Wildman–Crippen MR) is 193 cm³/mol. The molecule has 3 aromatic rings. The number of pyridine rings is 1. The molecule has 1 aromatic heterocycles. The lowest BCUT2D eigenvalue weighted by molar-refractivity contribution is -0.143. The minimum absolute atomic E-state index is 0.0184. The Hall–Kier alpha value is -4.43. The van der Waals surface area contributed by atoms with Crippen molar-refractivity contribution in [3.8, 4) is 0 Å². The zero-order valence-corrected chi connectivity index (χ0v) is 30.0. The van der Waals surface area contributed by atoms with Crippen molar-refractivity contribution in [3.63, 3.8) is 0 Å². The molecule has 14 heteroatoms. The van der Waals surface area contributed by atoms with Crippen molar-refractivity contribution in [2.45, 2.75) is 63.0 Å². The Bertz CT molecular complexity index is 1800. The molecule has 4 aliphatic rings. The summed E-state index contributed by atoms with van der Waals surface area (Å²) < 4.78 is 81.9. The predicted octanol–water partition coefficient (Wildman–Crippen LogP) is 7.29. The van der Waals surface area contributed by atoms with Crippen LogP contribution in [0.5, 0.6) is 0 Å². The molecule has 0 saturated carbocycles. The molecule has 1 unspecified atom stereocenters. The van der Waals surface area contributed by atoms with Gasteiger partial charge in [-0.25, -0.2) is 0 Å². The molecular formula is C40H44F6N6O2. The fourth-order valence-electron chi connectivity index (χ4n) is 8.31. The van der Waals surface area contributed by atoms with Crippen molar-refractivity contribution in [1.82, 2.24) is 24.6 Å². The number of piperazine rings is 1. The summed E-state index contributed by atoms with van der Waals surface area (Å²) >= 11 is 0. The lowest BCUT2D eigenvalue weighted by Crippen LogP contribution is -2.56. The van der Waals surface area contributed by atoms with Crippen LogP contribution in [0.3, 0.4) is 0 Å². The largest absolute Gasteiger partial charge is 0.416 e. The van der Waals surface area contributed by atoms with E-state index in [1.54, 1.807) is 12.3 Å². The van der Waals surface area contributed by atoms with E-state index < -0.39 is 35.0 Å². The molecule has 0 bridgehead atoms. The van der Waals surface area contributed by atoms with Crippen LogP contribution in [0.2, 0.25) is 0 Å². The van der Waals surface area contributed by atoms with Crippen LogP contribution in [0.15, 0.2) is 72.7 Å². The van der Waals surface area contributed by atoms with Crippen molar-refractivity contribution >= 4 is 23.6 Å². The van der Waals surface area contributed by atoms with Crippen LogP contribution in [-0.2, 0) is 12.4 Å². The third-order valence-corrected chi connectivity index (χ3v) is 11.3. The fourth-order valence-corrected chi connectivity index (χ4v) is 8.31. The van der Waals surface area contributed by atoms with E-state index in [2.05, 4.69) is 19.7 Å². The van der Waals surface area contributed by atoms with Crippen LogP contribution in [0, 0.1) is 0 Å². The van der Waals surface area contributed by atoms with Crippen molar-refractivity contribution in [2.24, 2.45) is 0 Å². The first-order valence-electron chi connectivity index (χ1n) is 18.7. The molecule has 1 atom stereocenters. The molecule has 288 valence electrons. The van der Waals surface area contributed by atoms with Gasteiger partial charge in [0.2, 0.25) is 0 Å². The molecule has 8 nitrogen and oxygen atoms in total. The minimum atomic E-state index is -5.06. The number of halogens is 6. The Morgan fingerprint density at radius 2 is 1.24 bits per heavy atom. The number of carbonyl (C=O) groups excluding carboxylic acids is 2. The summed E-state index contributed by atoms with van der Waals surface area (Å²) in [5.41, 5.74) is -0.728. The molecule has 2 amide bonds. The van der Waals surface area contributed by atoms with Crippen LogP contribution in [0.25, 0.3) is 6.08 Å². The van der Waals surface area contributed by atoms with E-state index in [1.807, 2.05) is 47.5 Å². The summed E-state index contributed by atoms with van der Waals surface area (Å²) in [5.74, 6) is -0.873. The van der Waals surface area contributed by atoms with Gasteiger partial charge in [-0.3, -0.25) is 24.4 Å². The summed E-state index contributed by atoms with van der Waals surface area (Å²) in [6.07, 6.45) is 0.162. The van der Waals surface area contributed by atoms with Gasteiger partial charge in [-0.05, 0) is 68.0 Å². The number of nitrogens with zero attached hydrogens (tertiary/aromatic N) is 6. The van der Waals surface area contributed by atoms with Gasteiger partial charge in [-0.2, -0.15) is 26.3 Å². The van der Waals surface area contributed by atoms with Crippen molar-refractivity contribution in [3.05, 3.63) is 101 Å². The van der Waals surface area contributed by atoms with Crippen LogP contribution in [-0.4, -0.2) is 107 Å². The number of hydrogen-bond acceptors (Lipinski definition) is 6. The van der Waals surface area contributed by atoms with Crippen LogP contribution in [0.4, 0.5) is 32.0 Å². The number of rotatable bonds is 6. The number of likely N-dealkylation sites (tertiary alicyclic amines) is 2. The number of hydrogen-bond donors (Lipinski definition) is 0. The highest BCUT2D eigenvalue weighted by molar-refractivity contribution is 5.96.